The lowest BCUT2D eigenvalue weighted by Gasteiger charge is -2.19. The Morgan fingerprint density at radius 1 is 1.45 bits per heavy atom. The minimum atomic E-state index is 0.0176. The molecule has 0 saturated carbocycles. The first kappa shape index (κ1) is 17.4. The van der Waals surface area contributed by atoms with Crippen molar-refractivity contribution in [2.45, 2.75) is 12.6 Å². The van der Waals surface area contributed by atoms with Crippen LogP contribution in [0.4, 0.5) is 0 Å². The molecule has 0 bridgehead atoms. The summed E-state index contributed by atoms with van der Waals surface area (Å²) in [6.07, 6.45) is 1.69. The number of methoxy groups -OCH3 is 1. The van der Waals surface area contributed by atoms with Crippen LogP contribution in [0.3, 0.4) is 0 Å². The van der Waals surface area contributed by atoms with Crippen LogP contribution in [0.15, 0.2) is 6.20 Å². The summed E-state index contributed by atoms with van der Waals surface area (Å²) >= 11 is 6.26. The molecule has 0 aliphatic heterocycles. The Kier molecular flexibility index (Phi) is 8.09. The van der Waals surface area contributed by atoms with Crippen molar-refractivity contribution < 1.29 is 9.47 Å². The fourth-order valence-corrected chi connectivity index (χ4v) is 2.11. The fourth-order valence-electron chi connectivity index (χ4n) is 1.83. The highest BCUT2D eigenvalue weighted by atomic mass is 35.5. The molecule has 1 unspecified atom stereocenters. The van der Waals surface area contributed by atoms with Crippen LogP contribution in [-0.2, 0) is 16.0 Å². The molecule has 20 heavy (non-hydrogen) atoms. The molecule has 0 spiro atoms. The van der Waals surface area contributed by atoms with Gasteiger partial charge in [0.05, 0.1) is 49.3 Å². The maximum absolute atomic E-state index is 6.26. The van der Waals surface area contributed by atoms with Gasteiger partial charge in [-0.05, 0) is 21.1 Å². The van der Waals surface area contributed by atoms with Gasteiger partial charge in [0, 0.05) is 13.7 Å². The Labute approximate surface area is 126 Å². The molecule has 0 aromatic carbocycles. The Morgan fingerprint density at radius 3 is 2.80 bits per heavy atom. The zero-order valence-corrected chi connectivity index (χ0v) is 13.5. The van der Waals surface area contributed by atoms with Gasteiger partial charge in [-0.15, -0.1) is 0 Å². The van der Waals surface area contributed by atoms with Crippen molar-refractivity contribution >= 4 is 11.6 Å². The van der Waals surface area contributed by atoms with E-state index in [1.165, 1.54) is 0 Å². The maximum atomic E-state index is 6.26. The Hall–Kier alpha value is -0.660. The molecule has 1 atom stereocenters. The molecule has 116 valence electrons. The number of likely N-dealkylation sites (N-methyl/N-ethyl adjacent to an activating group) is 2. The molecule has 1 aromatic heterocycles. The second-order valence-corrected chi connectivity index (χ2v) is 5.22. The van der Waals surface area contributed by atoms with E-state index in [4.69, 9.17) is 21.1 Å². The smallest absolute Gasteiger partial charge is 0.0835 e. The van der Waals surface area contributed by atoms with E-state index in [9.17, 15) is 0 Å². The number of halogens is 1. The van der Waals surface area contributed by atoms with Crippen molar-refractivity contribution in [3.05, 3.63) is 16.9 Å². The fraction of sp³-hybridized carbons (Fsp3) is 0.769. The van der Waals surface area contributed by atoms with Crippen LogP contribution < -0.4 is 5.32 Å². The average molecular weight is 305 g/mol. The van der Waals surface area contributed by atoms with Crippen molar-refractivity contribution in [3.8, 4) is 0 Å². The molecule has 1 heterocycles. The third-order valence-corrected chi connectivity index (χ3v) is 3.28. The molecule has 1 rings (SSSR count). The Morgan fingerprint density at radius 2 is 2.20 bits per heavy atom. The van der Waals surface area contributed by atoms with Gasteiger partial charge >= 0.3 is 0 Å². The molecular formula is C13H25ClN4O2. The molecule has 0 fully saturated rings. The van der Waals surface area contributed by atoms with Gasteiger partial charge in [0.25, 0.3) is 0 Å². The average Bonchev–Trinajstić information content (AvgIpc) is 2.78. The Balaban J connectivity index is 2.67. The normalized spacial score (nSPS) is 13.1. The first-order chi connectivity index (χ1) is 9.60. The number of aromatic nitrogens is 2. The summed E-state index contributed by atoms with van der Waals surface area (Å²) in [5, 5.41) is 8.23. The van der Waals surface area contributed by atoms with Gasteiger partial charge in [-0.25, -0.2) is 0 Å². The van der Waals surface area contributed by atoms with Crippen LogP contribution in [0.25, 0.3) is 0 Å². The summed E-state index contributed by atoms with van der Waals surface area (Å²) in [6, 6.07) is 0.0176. The molecular weight excluding hydrogens is 280 g/mol. The van der Waals surface area contributed by atoms with Crippen LogP contribution in [0.5, 0.6) is 0 Å². The van der Waals surface area contributed by atoms with Gasteiger partial charge in [-0.3, -0.25) is 4.68 Å². The minimum Gasteiger partial charge on any atom is -0.382 e. The topological polar surface area (TPSA) is 51.5 Å². The highest BCUT2D eigenvalue weighted by Gasteiger charge is 2.19. The van der Waals surface area contributed by atoms with Crippen molar-refractivity contribution in [3.63, 3.8) is 0 Å². The maximum Gasteiger partial charge on any atom is 0.0835 e. The largest absolute Gasteiger partial charge is 0.382 e. The molecule has 0 aliphatic rings. The van der Waals surface area contributed by atoms with E-state index in [2.05, 4.69) is 15.3 Å². The van der Waals surface area contributed by atoms with Crippen LogP contribution in [0, 0.1) is 0 Å². The number of nitrogens with zero attached hydrogens (tertiary/aromatic N) is 3. The van der Waals surface area contributed by atoms with Crippen molar-refractivity contribution in [1.82, 2.24) is 20.0 Å². The summed E-state index contributed by atoms with van der Waals surface area (Å²) in [5.74, 6) is 0. The monoisotopic (exact) mass is 304 g/mol. The second-order valence-electron chi connectivity index (χ2n) is 4.81. The lowest BCUT2D eigenvalue weighted by atomic mass is 10.2. The zero-order valence-electron chi connectivity index (χ0n) is 12.7. The van der Waals surface area contributed by atoms with E-state index in [1.807, 2.05) is 25.8 Å². The van der Waals surface area contributed by atoms with Gasteiger partial charge in [0.15, 0.2) is 0 Å². The van der Waals surface area contributed by atoms with Gasteiger partial charge in [0.1, 0.15) is 0 Å². The molecule has 0 saturated heterocycles. The number of nitrogens with one attached hydrogen (secondary N) is 1. The van der Waals surface area contributed by atoms with Crippen LogP contribution in [-0.4, -0.2) is 69.3 Å². The minimum absolute atomic E-state index is 0.0176. The molecule has 0 radical (unpaired) electrons. The van der Waals surface area contributed by atoms with E-state index in [1.54, 1.807) is 13.3 Å². The Bertz CT molecular complexity index is 384. The highest BCUT2D eigenvalue weighted by molar-refractivity contribution is 6.31. The van der Waals surface area contributed by atoms with Gasteiger partial charge in [-0.2, -0.15) is 5.10 Å². The van der Waals surface area contributed by atoms with E-state index in [0.717, 1.165) is 18.8 Å². The van der Waals surface area contributed by atoms with E-state index in [-0.39, 0.29) is 6.04 Å². The van der Waals surface area contributed by atoms with Crippen molar-refractivity contribution in [2.75, 3.05) is 54.6 Å². The SMILES string of the molecule is CNC(COCCOC)c1c(Cl)cnn1CCN(C)C. The molecule has 7 heteroatoms. The number of hydrogen-bond acceptors (Lipinski definition) is 5. The van der Waals surface area contributed by atoms with Gasteiger partial charge in [0.2, 0.25) is 0 Å². The first-order valence-corrected chi connectivity index (χ1v) is 7.07. The van der Waals surface area contributed by atoms with Crippen LogP contribution >= 0.6 is 11.6 Å². The standard InChI is InChI=1S/C13H25ClN4O2/c1-15-12(10-20-8-7-19-4)13-11(14)9-16-18(13)6-5-17(2)3/h9,12,15H,5-8,10H2,1-4H3. The van der Waals surface area contributed by atoms with Crippen LogP contribution in [0.1, 0.15) is 11.7 Å². The quantitative estimate of drug-likeness (QED) is 0.654. The lowest BCUT2D eigenvalue weighted by molar-refractivity contribution is 0.0584. The lowest BCUT2D eigenvalue weighted by Crippen LogP contribution is -2.28. The predicted molar refractivity (Wildman–Crippen MR) is 80.3 cm³/mol. The van der Waals surface area contributed by atoms with Crippen LogP contribution in [0.2, 0.25) is 5.02 Å². The summed E-state index contributed by atoms with van der Waals surface area (Å²) in [5.41, 5.74) is 0.966. The number of hydrogen-bond donors (Lipinski definition) is 1. The molecule has 1 N–H and O–H groups in total. The highest BCUT2D eigenvalue weighted by Crippen LogP contribution is 2.23. The summed E-state index contributed by atoms with van der Waals surface area (Å²) < 4.78 is 12.5. The third kappa shape index (κ3) is 5.38. The summed E-state index contributed by atoms with van der Waals surface area (Å²) in [4.78, 5) is 2.11. The van der Waals surface area contributed by atoms with E-state index >= 15 is 0 Å². The molecule has 0 aliphatic carbocycles. The van der Waals surface area contributed by atoms with Gasteiger partial charge in [-0.1, -0.05) is 11.6 Å². The van der Waals surface area contributed by atoms with E-state index < -0.39 is 0 Å². The van der Waals surface area contributed by atoms with Gasteiger partial charge < -0.3 is 19.7 Å². The predicted octanol–water partition coefficient (Wildman–Crippen LogP) is 1.02. The molecule has 0 amide bonds. The first-order valence-electron chi connectivity index (χ1n) is 6.70. The second kappa shape index (κ2) is 9.31. The summed E-state index contributed by atoms with van der Waals surface area (Å²) in [7, 11) is 7.62. The van der Waals surface area contributed by atoms with Crippen molar-refractivity contribution in [2.24, 2.45) is 0 Å². The number of ether oxygens (including phenoxy) is 2. The third-order valence-electron chi connectivity index (χ3n) is 2.99. The molecule has 1 aromatic rings. The zero-order chi connectivity index (χ0) is 15.0. The van der Waals surface area contributed by atoms with Crippen molar-refractivity contribution in [1.29, 1.82) is 0 Å². The molecule has 6 nitrogen and oxygen atoms in total. The summed E-state index contributed by atoms with van der Waals surface area (Å²) in [6.45, 7) is 3.40. The van der Waals surface area contributed by atoms with E-state index in [0.29, 0.717) is 24.8 Å². The number of rotatable bonds is 10.